The van der Waals surface area contributed by atoms with Crippen LogP contribution < -0.4 is 15.4 Å². The molecule has 0 amide bonds. The summed E-state index contributed by atoms with van der Waals surface area (Å²) in [5.41, 5.74) is 4.77. The SMILES string of the molecule is CCC(C)Oc1cc(C)ccc1CNC(=NC)NCc1ccc(Cn2ccnc2)cc1.I. The molecule has 1 atom stereocenters. The highest BCUT2D eigenvalue weighted by atomic mass is 127. The average Bonchev–Trinajstić information content (AvgIpc) is 3.29. The van der Waals surface area contributed by atoms with Crippen LogP contribution in [0.1, 0.15) is 42.5 Å². The zero-order valence-corrected chi connectivity index (χ0v) is 21.7. The molecule has 0 radical (unpaired) electrons. The van der Waals surface area contributed by atoms with Crippen LogP contribution in [-0.4, -0.2) is 28.7 Å². The molecule has 172 valence electrons. The Bertz CT molecular complexity index is 971. The molecule has 2 aromatic carbocycles. The van der Waals surface area contributed by atoms with Gasteiger partial charge in [0, 0.05) is 44.6 Å². The summed E-state index contributed by atoms with van der Waals surface area (Å²) >= 11 is 0. The molecule has 0 aliphatic rings. The average molecular weight is 547 g/mol. The van der Waals surface area contributed by atoms with Crippen LogP contribution in [0.15, 0.2) is 66.2 Å². The third-order valence-electron chi connectivity index (χ3n) is 5.20. The molecule has 0 spiro atoms. The maximum absolute atomic E-state index is 6.11. The Morgan fingerprint density at radius 2 is 1.81 bits per heavy atom. The van der Waals surface area contributed by atoms with E-state index in [2.05, 4.69) is 88.4 Å². The fourth-order valence-corrected chi connectivity index (χ4v) is 3.16. The number of guanidine groups is 1. The predicted molar refractivity (Wildman–Crippen MR) is 142 cm³/mol. The number of imidazole rings is 1. The van der Waals surface area contributed by atoms with Crippen molar-refractivity contribution in [3.8, 4) is 5.75 Å². The maximum Gasteiger partial charge on any atom is 0.191 e. The Hall–Kier alpha value is -2.55. The topological polar surface area (TPSA) is 63.5 Å². The number of hydrogen-bond donors (Lipinski definition) is 2. The summed E-state index contributed by atoms with van der Waals surface area (Å²) in [5.74, 6) is 1.70. The highest BCUT2D eigenvalue weighted by molar-refractivity contribution is 14.0. The lowest BCUT2D eigenvalue weighted by atomic mass is 10.1. The lowest BCUT2D eigenvalue weighted by Crippen LogP contribution is -2.36. The van der Waals surface area contributed by atoms with E-state index in [4.69, 9.17) is 4.74 Å². The van der Waals surface area contributed by atoms with Gasteiger partial charge in [-0.05, 0) is 43.0 Å². The van der Waals surface area contributed by atoms with Gasteiger partial charge in [-0.25, -0.2) is 4.98 Å². The first-order chi connectivity index (χ1) is 15.1. The van der Waals surface area contributed by atoms with Gasteiger partial charge >= 0.3 is 0 Å². The minimum absolute atomic E-state index is 0. The van der Waals surface area contributed by atoms with E-state index in [1.54, 1.807) is 13.2 Å². The predicted octanol–water partition coefficient (Wildman–Crippen LogP) is 4.90. The van der Waals surface area contributed by atoms with Crippen LogP contribution in [0, 0.1) is 6.92 Å². The zero-order valence-electron chi connectivity index (χ0n) is 19.3. The highest BCUT2D eigenvalue weighted by Crippen LogP contribution is 2.22. The molecule has 2 N–H and O–H groups in total. The normalized spacial score (nSPS) is 12.1. The number of aromatic nitrogens is 2. The van der Waals surface area contributed by atoms with Gasteiger partial charge in [0.2, 0.25) is 0 Å². The Balaban J connectivity index is 0.00000363. The number of aryl methyl sites for hydroxylation is 1. The third kappa shape index (κ3) is 7.85. The fraction of sp³-hybridized carbons (Fsp3) is 0.360. The van der Waals surface area contributed by atoms with Gasteiger partial charge in [0.05, 0.1) is 12.4 Å². The van der Waals surface area contributed by atoms with Crippen LogP contribution >= 0.6 is 24.0 Å². The van der Waals surface area contributed by atoms with Gasteiger partial charge in [-0.1, -0.05) is 43.3 Å². The Labute approximate surface area is 208 Å². The second-order valence-electron chi connectivity index (χ2n) is 7.78. The van der Waals surface area contributed by atoms with Crippen molar-refractivity contribution in [1.29, 1.82) is 0 Å². The molecule has 32 heavy (non-hydrogen) atoms. The molecule has 0 aliphatic carbocycles. The minimum Gasteiger partial charge on any atom is -0.490 e. The number of ether oxygens (including phenoxy) is 1. The number of nitrogens with zero attached hydrogens (tertiary/aromatic N) is 3. The van der Waals surface area contributed by atoms with Crippen molar-refractivity contribution in [3.05, 3.63) is 83.4 Å². The molecule has 0 saturated carbocycles. The highest BCUT2D eigenvalue weighted by Gasteiger charge is 2.09. The molecule has 0 aliphatic heterocycles. The van der Waals surface area contributed by atoms with E-state index in [0.29, 0.717) is 13.1 Å². The minimum atomic E-state index is 0. The van der Waals surface area contributed by atoms with Gasteiger partial charge in [-0.2, -0.15) is 0 Å². The molecule has 0 fully saturated rings. The van der Waals surface area contributed by atoms with E-state index < -0.39 is 0 Å². The van der Waals surface area contributed by atoms with Crippen molar-refractivity contribution in [2.24, 2.45) is 4.99 Å². The number of halogens is 1. The van der Waals surface area contributed by atoms with Crippen molar-refractivity contribution in [2.75, 3.05) is 7.05 Å². The first-order valence-electron chi connectivity index (χ1n) is 10.8. The molecule has 3 aromatic rings. The Morgan fingerprint density at radius 3 is 2.47 bits per heavy atom. The van der Waals surface area contributed by atoms with Gasteiger partial charge in [-0.15, -0.1) is 24.0 Å². The van der Waals surface area contributed by atoms with Crippen LogP contribution in [-0.2, 0) is 19.6 Å². The summed E-state index contributed by atoms with van der Waals surface area (Å²) < 4.78 is 8.17. The summed E-state index contributed by atoms with van der Waals surface area (Å²) in [6.07, 6.45) is 6.77. The largest absolute Gasteiger partial charge is 0.490 e. The lowest BCUT2D eigenvalue weighted by Gasteiger charge is -2.18. The van der Waals surface area contributed by atoms with Crippen molar-refractivity contribution in [2.45, 2.75) is 52.9 Å². The molecule has 7 heteroatoms. The number of rotatable bonds is 9. The molecule has 1 heterocycles. The van der Waals surface area contributed by atoms with E-state index in [1.807, 2.05) is 12.5 Å². The fourth-order valence-electron chi connectivity index (χ4n) is 3.16. The van der Waals surface area contributed by atoms with Crippen LogP contribution in [0.3, 0.4) is 0 Å². The van der Waals surface area contributed by atoms with Gasteiger partial charge in [-0.3, -0.25) is 4.99 Å². The molecule has 1 unspecified atom stereocenters. The Kier molecular flexibility index (Phi) is 10.5. The second-order valence-corrected chi connectivity index (χ2v) is 7.78. The molecular weight excluding hydrogens is 513 g/mol. The molecule has 1 aromatic heterocycles. The van der Waals surface area contributed by atoms with Crippen LogP contribution in [0.2, 0.25) is 0 Å². The van der Waals surface area contributed by atoms with E-state index in [-0.39, 0.29) is 30.1 Å². The van der Waals surface area contributed by atoms with E-state index in [1.165, 1.54) is 16.7 Å². The standard InChI is InChI=1S/C25H33N5O.HI/c1-5-20(3)31-24-14-19(2)6-11-23(24)16-29-25(26-4)28-15-21-7-9-22(10-8-21)17-30-13-12-27-18-30;/h6-14,18,20H,5,15-17H2,1-4H3,(H2,26,28,29);1H. The second kappa shape index (κ2) is 13.1. The number of aliphatic imine (C=N–C) groups is 1. The van der Waals surface area contributed by atoms with Crippen LogP contribution in [0.25, 0.3) is 0 Å². The Morgan fingerprint density at radius 1 is 1.09 bits per heavy atom. The van der Waals surface area contributed by atoms with Gasteiger partial charge < -0.3 is 19.9 Å². The quantitative estimate of drug-likeness (QED) is 0.227. The lowest BCUT2D eigenvalue weighted by molar-refractivity contribution is 0.215. The van der Waals surface area contributed by atoms with Crippen LogP contribution in [0.5, 0.6) is 5.75 Å². The number of benzene rings is 2. The van der Waals surface area contributed by atoms with Crippen molar-refractivity contribution in [3.63, 3.8) is 0 Å². The molecule has 0 saturated heterocycles. The first kappa shape index (κ1) is 25.7. The summed E-state index contributed by atoms with van der Waals surface area (Å²) in [4.78, 5) is 8.44. The summed E-state index contributed by atoms with van der Waals surface area (Å²) in [6.45, 7) is 8.50. The first-order valence-corrected chi connectivity index (χ1v) is 10.8. The number of hydrogen-bond acceptors (Lipinski definition) is 3. The third-order valence-corrected chi connectivity index (χ3v) is 5.20. The van der Waals surface area contributed by atoms with Gasteiger partial charge in [0.15, 0.2) is 5.96 Å². The van der Waals surface area contributed by atoms with Crippen molar-refractivity contribution < 1.29 is 4.74 Å². The van der Waals surface area contributed by atoms with E-state index in [9.17, 15) is 0 Å². The summed E-state index contributed by atoms with van der Waals surface area (Å²) in [5, 5.41) is 6.78. The molecule has 3 rings (SSSR count). The smallest absolute Gasteiger partial charge is 0.191 e. The number of nitrogens with one attached hydrogen (secondary N) is 2. The van der Waals surface area contributed by atoms with E-state index in [0.717, 1.165) is 30.2 Å². The van der Waals surface area contributed by atoms with Crippen molar-refractivity contribution in [1.82, 2.24) is 20.2 Å². The summed E-state index contributed by atoms with van der Waals surface area (Å²) in [7, 11) is 1.79. The van der Waals surface area contributed by atoms with E-state index >= 15 is 0 Å². The van der Waals surface area contributed by atoms with Gasteiger partial charge in [0.1, 0.15) is 5.75 Å². The van der Waals surface area contributed by atoms with Crippen molar-refractivity contribution >= 4 is 29.9 Å². The summed E-state index contributed by atoms with van der Waals surface area (Å²) in [6, 6.07) is 14.9. The monoisotopic (exact) mass is 547 g/mol. The molecular formula is C25H34IN5O. The maximum atomic E-state index is 6.11. The van der Waals surface area contributed by atoms with Crippen LogP contribution in [0.4, 0.5) is 0 Å². The van der Waals surface area contributed by atoms with Gasteiger partial charge in [0.25, 0.3) is 0 Å². The molecule has 6 nitrogen and oxygen atoms in total. The molecule has 0 bridgehead atoms. The zero-order chi connectivity index (χ0) is 22.1.